The van der Waals surface area contributed by atoms with Crippen molar-refractivity contribution in [2.75, 3.05) is 12.3 Å². The average Bonchev–Trinajstić information content (AvgIpc) is 1.98. The Bertz CT molecular complexity index is 167. The molecule has 0 aromatic heterocycles. The van der Waals surface area contributed by atoms with Gasteiger partial charge in [-0.15, -0.1) is 0 Å². The first-order valence-corrected chi connectivity index (χ1v) is 6.54. The van der Waals surface area contributed by atoms with Gasteiger partial charge in [0.2, 0.25) is 0 Å². The highest BCUT2D eigenvalue weighted by atomic mass is 32.2. The van der Waals surface area contributed by atoms with Crippen LogP contribution in [0.3, 0.4) is 0 Å². The largest absolute Gasteiger partial charge is 0.441 e. The van der Waals surface area contributed by atoms with Crippen LogP contribution in [0.5, 0.6) is 0 Å². The minimum absolute atomic E-state index is 0.0805. The molecule has 0 heterocycles. The van der Waals surface area contributed by atoms with Crippen molar-refractivity contribution in [3.8, 4) is 0 Å². The number of hydrogen-bond donors (Lipinski definition) is 1. The molecule has 0 aromatic rings. The third kappa shape index (κ3) is 12.2. The molecule has 0 aromatic carbocycles. The second-order valence-electron chi connectivity index (χ2n) is 5.15. The molecule has 0 aliphatic rings. The van der Waals surface area contributed by atoms with E-state index in [4.69, 9.17) is 0 Å². The van der Waals surface area contributed by atoms with E-state index in [0.717, 1.165) is 13.0 Å². The van der Waals surface area contributed by atoms with Crippen LogP contribution in [0.2, 0.25) is 0 Å². The van der Waals surface area contributed by atoms with Gasteiger partial charge < -0.3 is 5.32 Å². The predicted molar refractivity (Wildman–Crippen MR) is 64.7 cm³/mol. The molecule has 0 amide bonds. The van der Waals surface area contributed by atoms with E-state index in [1.165, 1.54) is 0 Å². The van der Waals surface area contributed by atoms with Gasteiger partial charge in [0.25, 0.3) is 0 Å². The first-order chi connectivity index (χ1) is 7.10. The van der Waals surface area contributed by atoms with Gasteiger partial charge in [-0.05, 0) is 46.1 Å². The summed E-state index contributed by atoms with van der Waals surface area (Å²) in [5, 5.41) is 3.33. The molecule has 0 radical (unpaired) electrons. The molecule has 0 rings (SSSR count). The van der Waals surface area contributed by atoms with Crippen LogP contribution in [0.25, 0.3) is 0 Å². The first-order valence-electron chi connectivity index (χ1n) is 5.56. The van der Waals surface area contributed by atoms with Crippen LogP contribution in [0, 0.1) is 5.92 Å². The average molecular weight is 257 g/mol. The molecule has 98 valence electrons. The maximum Gasteiger partial charge on any atom is 0.441 e. The van der Waals surface area contributed by atoms with Crippen molar-refractivity contribution >= 4 is 11.8 Å². The zero-order valence-corrected chi connectivity index (χ0v) is 11.3. The summed E-state index contributed by atoms with van der Waals surface area (Å²) < 4.78 is 35.6. The van der Waals surface area contributed by atoms with Crippen molar-refractivity contribution in [2.45, 2.75) is 51.6 Å². The van der Waals surface area contributed by atoms with Gasteiger partial charge in [0, 0.05) is 11.3 Å². The van der Waals surface area contributed by atoms with Crippen molar-refractivity contribution < 1.29 is 13.2 Å². The summed E-state index contributed by atoms with van der Waals surface area (Å²) in [7, 11) is 0. The van der Waals surface area contributed by atoms with Crippen LogP contribution in [-0.4, -0.2) is 23.3 Å². The Hall–Kier alpha value is 0.100. The molecule has 1 unspecified atom stereocenters. The molecular weight excluding hydrogens is 235 g/mol. The number of halogens is 3. The lowest BCUT2D eigenvalue weighted by Crippen LogP contribution is -2.36. The van der Waals surface area contributed by atoms with Crippen molar-refractivity contribution in [2.24, 2.45) is 5.92 Å². The maximum absolute atomic E-state index is 11.9. The summed E-state index contributed by atoms with van der Waals surface area (Å²) in [6.45, 7) is 9.11. The fourth-order valence-corrected chi connectivity index (χ4v) is 1.97. The molecule has 0 aliphatic heterocycles. The zero-order valence-electron chi connectivity index (χ0n) is 10.4. The maximum atomic E-state index is 11.9. The molecule has 0 spiro atoms. The second-order valence-corrected chi connectivity index (χ2v) is 6.31. The van der Waals surface area contributed by atoms with Crippen LogP contribution in [-0.2, 0) is 0 Å². The highest BCUT2D eigenvalue weighted by molar-refractivity contribution is 8.00. The molecule has 16 heavy (non-hydrogen) atoms. The fourth-order valence-electron chi connectivity index (χ4n) is 1.21. The summed E-state index contributed by atoms with van der Waals surface area (Å²) in [6, 6.07) is 0. The number of nitrogens with one attached hydrogen (secondary N) is 1. The number of thioether (sulfide) groups is 1. The molecule has 0 saturated heterocycles. The normalized spacial score (nSPS) is 15.2. The smallest absolute Gasteiger partial charge is 0.312 e. The van der Waals surface area contributed by atoms with Crippen molar-refractivity contribution in [1.29, 1.82) is 0 Å². The summed E-state index contributed by atoms with van der Waals surface area (Å²) in [4.78, 5) is 0. The van der Waals surface area contributed by atoms with E-state index in [9.17, 15) is 13.2 Å². The number of alkyl halides is 3. The Morgan fingerprint density at radius 3 is 2.12 bits per heavy atom. The van der Waals surface area contributed by atoms with E-state index in [1.54, 1.807) is 0 Å². The fraction of sp³-hybridized carbons (Fsp3) is 1.00. The van der Waals surface area contributed by atoms with Gasteiger partial charge in [-0.1, -0.05) is 18.7 Å². The summed E-state index contributed by atoms with van der Waals surface area (Å²) >= 11 is 0.0805. The zero-order chi connectivity index (χ0) is 12.8. The van der Waals surface area contributed by atoms with Crippen LogP contribution in [0.4, 0.5) is 13.2 Å². The number of rotatable bonds is 6. The van der Waals surface area contributed by atoms with Crippen LogP contribution in [0.15, 0.2) is 0 Å². The molecule has 0 saturated carbocycles. The Balaban J connectivity index is 3.49. The molecule has 1 atom stereocenters. The van der Waals surface area contributed by atoms with Gasteiger partial charge in [0.05, 0.1) is 0 Å². The Labute approximate surface area is 101 Å². The van der Waals surface area contributed by atoms with Gasteiger partial charge in [0.15, 0.2) is 0 Å². The number of hydrogen-bond acceptors (Lipinski definition) is 2. The van der Waals surface area contributed by atoms with Crippen molar-refractivity contribution in [3.63, 3.8) is 0 Å². The highest BCUT2D eigenvalue weighted by Crippen LogP contribution is 2.31. The standard InChI is InChI=1S/C11H22F3NS/c1-9(5-7-15-10(2,3)4)6-8-16-11(12,13)14/h9,15H,5-8H2,1-4H3. The molecule has 1 nitrogen and oxygen atoms in total. The second kappa shape index (κ2) is 6.74. The van der Waals surface area contributed by atoms with Crippen LogP contribution < -0.4 is 5.32 Å². The lowest BCUT2D eigenvalue weighted by Gasteiger charge is -2.22. The molecular formula is C11H22F3NS. The summed E-state index contributed by atoms with van der Waals surface area (Å²) in [6.07, 6.45) is 1.55. The quantitative estimate of drug-likeness (QED) is 0.770. The topological polar surface area (TPSA) is 12.0 Å². The van der Waals surface area contributed by atoms with Crippen molar-refractivity contribution in [3.05, 3.63) is 0 Å². The molecule has 5 heteroatoms. The van der Waals surface area contributed by atoms with Gasteiger partial charge in [-0.25, -0.2) is 0 Å². The molecule has 0 bridgehead atoms. The van der Waals surface area contributed by atoms with E-state index < -0.39 is 5.51 Å². The molecule has 1 N–H and O–H groups in total. The monoisotopic (exact) mass is 257 g/mol. The predicted octanol–water partition coefficient (Wildman–Crippen LogP) is 4.04. The Morgan fingerprint density at radius 1 is 1.12 bits per heavy atom. The lowest BCUT2D eigenvalue weighted by atomic mass is 10.0. The third-order valence-corrected chi connectivity index (χ3v) is 2.94. The third-order valence-electron chi connectivity index (χ3n) is 2.17. The van der Waals surface area contributed by atoms with Gasteiger partial charge in [-0.2, -0.15) is 13.2 Å². The summed E-state index contributed by atoms with van der Waals surface area (Å²) in [5.74, 6) is 0.505. The van der Waals surface area contributed by atoms with Crippen LogP contribution >= 0.6 is 11.8 Å². The summed E-state index contributed by atoms with van der Waals surface area (Å²) in [5.41, 5.74) is -4.00. The van der Waals surface area contributed by atoms with Crippen LogP contribution in [0.1, 0.15) is 40.5 Å². The van der Waals surface area contributed by atoms with Gasteiger partial charge in [0.1, 0.15) is 0 Å². The minimum Gasteiger partial charge on any atom is -0.312 e. The van der Waals surface area contributed by atoms with E-state index in [2.05, 4.69) is 26.1 Å². The molecule has 0 fully saturated rings. The van der Waals surface area contributed by atoms with E-state index in [0.29, 0.717) is 12.3 Å². The van der Waals surface area contributed by atoms with E-state index in [-0.39, 0.29) is 23.1 Å². The van der Waals surface area contributed by atoms with Gasteiger partial charge in [-0.3, -0.25) is 0 Å². The molecule has 0 aliphatic carbocycles. The Kier molecular flexibility index (Phi) is 6.79. The SMILES string of the molecule is CC(CCNC(C)(C)C)CCSC(F)(F)F. The first kappa shape index (κ1) is 16.1. The Morgan fingerprint density at radius 2 is 1.69 bits per heavy atom. The minimum atomic E-state index is -4.08. The highest BCUT2D eigenvalue weighted by Gasteiger charge is 2.27. The van der Waals surface area contributed by atoms with Crippen molar-refractivity contribution in [1.82, 2.24) is 5.32 Å². The van der Waals surface area contributed by atoms with Gasteiger partial charge >= 0.3 is 5.51 Å². The van der Waals surface area contributed by atoms with E-state index >= 15 is 0 Å². The van der Waals surface area contributed by atoms with E-state index in [1.807, 2.05) is 6.92 Å². The lowest BCUT2D eigenvalue weighted by molar-refractivity contribution is -0.0328.